The van der Waals surface area contributed by atoms with Gasteiger partial charge in [-0.05, 0) is 13.0 Å². The number of hydrogen-bond donors (Lipinski definition) is 1. The van der Waals surface area contributed by atoms with Crippen molar-refractivity contribution in [2.75, 3.05) is 0 Å². The number of aryl methyl sites for hydroxylation is 1. The molecule has 0 unspecified atom stereocenters. The maximum absolute atomic E-state index is 13.7. The van der Waals surface area contributed by atoms with Gasteiger partial charge in [-0.2, -0.15) is 13.2 Å². The molecule has 0 aliphatic rings. The van der Waals surface area contributed by atoms with Crippen LogP contribution in [0.15, 0.2) is 27.8 Å². The van der Waals surface area contributed by atoms with Crippen molar-refractivity contribution in [1.82, 2.24) is 9.55 Å². The zero-order chi connectivity index (χ0) is 15.9. The van der Waals surface area contributed by atoms with Gasteiger partial charge >= 0.3 is 11.9 Å². The van der Waals surface area contributed by atoms with Gasteiger partial charge in [-0.3, -0.25) is 4.79 Å². The Morgan fingerprint density at radius 2 is 1.67 bits per heavy atom. The number of nitrogens with zero attached hydrogens (tertiary/aromatic N) is 1. The average Bonchev–Trinajstić information content (AvgIpc) is 2.30. The second-order valence-electron chi connectivity index (χ2n) is 4.21. The zero-order valence-electron chi connectivity index (χ0n) is 10.4. The van der Waals surface area contributed by atoms with Gasteiger partial charge in [0.15, 0.2) is 0 Å². The summed E-state index contributed by atoms with van der Waals surface area (Å²) in [6.45, 7) is 1.39. The fourth-order valence-electron chi connectivity index (χ4n) is 1.76. The second-order valence-corrected chi connectivity index (χ2v) is 4.21. The summed E-state index contributed by atoms with van der Waals surface area (Å²) in [6, 6.07) is 0.983. The van der Waals surface area contributed by atoms with Gasteiger partial charge in [0.05, 0.1) is 11.3 Å². The molecule has 2 rings (SSSR count). The summed E-state index contributed by atoms with van der Waals surface area (Å²) in [4.78, 5) is 25.4. The lowest BCUT2D eigenvalue weighted by molar-refractivity contribution is -0.140. The smallest absolute Gasteiger partial charge is 0.311 e. The largest absolute Gasteiger partial charge is 0.419 e. The van der Waals surface area contributed by atoms with E-state index in [4.69, 9.17) is 0 Å². The van der Waals surface area contributed by atoms with Crippen LogP contribution < -0.4 is 11.2 Å². The second kappa shape index (κ2) is 4.83. The van der Waals surface area contributed by atoms with E-state index in [1.54, 1.807) is 0 Å². The number of aromatic nitrogens is 2. The predicted octanol–water partition coefficient (Wildman–Crippen LogP) is 2.13. The van der Waals surface area contributed by atoms with Gasteiger partial charge in [-0.1, -0.05) is 0 Å². The lowest BCUT2D eigenvalue weighted by atomic mass is 10.1. The molecule has 1 aromatic carbocycles. The van der Waals surface area contributed by atoms with Crippen LogP contribution in [0.3, 0.4) is 0 Å². The fourth-order valence-corrected chi connectivity index (χ4v) is 1.76. The molecule has 0 amide bonds. The Morgan fingerprint density at radius 3 is 2.19 bits per heavy atom. The minimum Gasteiger partial charge on any atom is -0.311 e. The molecule has 112 valence electrons. The highest BCUT2D eigenvalue weighted by molar-refractivity contribution is 5.38. The molecule has 0 bridgehead atoms. The van der Waals surface area contributed by atoms with Crippen LogP contribution >= 0.6 is 0 Å². The molecule has 9 heteroatoms. The molecule has 0 saturated heterocycles. The summed E-state index contributed by atoms with van der Waals surface area (Å²) in [5.41, 5.74) is -4.62. The molecule has 1 N–H and O–H groups in total. The first-order chi connectivity index (χ1) is 9.61. The van der Waals surface area contributed by atoms with E-state index in [1.807, 2.05) is 0 Å². The number of hydrogen-bond acceptors (Lipinski definition) is 2. The Balaban J connectivity index is 2.76. The van der Waals surface area contributed by atoms with Gasteiger partial charge in [-0.25, -0.2) is 18.1 Å². The van der Waals surface area contributed by atoms with Crippen molar-refractivity contribution in [2.45, 2.75) is 13.1 Å². The average molecular weight is 306 g/mol. The SMILES string of the molecule is Cc1cc(=O)n(-c2cc(F)c(C(F)(F)F)cc2F)c(=O)[nH]1. The molecule has 2 aromatic rings. The minimum absolute atomic E-state index is 0.101. The summed E-state index contributed by atoms with van der Waals surface area (Å²) in [6.07, 6.45) is -5.09. The molecule has 21 heavy (non-hydrogen) atoms. The predicted molar refractivity (Wildman–Crippen MR) is 62.3 cm³/mol. The van der Waals surface area contributed by atoms with Crippen LogP contribution in [-0.2, 0) is 6.18 Å². The van der Waals surface area contributed by atoms with Crippen LogP contribution in [0.1, 0.15) is 11.3 Å². The van der Waals surface area contributed by atoms with Crippen LogP contribution in [0.4, 0.5) is 22.0 Å². The highest BCUT2D eigenvalue weighted by Gasteiger charge is 2.35. The fraction of sp³-hybridized carbons (Fsp3) is 0.167. The number of H-pyrrole nitrogens is 1. The van der Waals surface area contributed by atoms with Crippen LogP contribution in [0.5, 0.6) is 0 Å². The van der Waals surface area contributed by atoms with E-state index < -0.39 is 40.3 Å². The maximum atomic E-state index is 13.7. The molecule has 1 heterocycles. The van der Waals surface area contributed by atoms with E-state index in [0.717, 1.165) is 6.07 Å². The summed E-state index contributed by atoms with van der Waals surface area (Å²) in [5.74, 6) is -3.33. The Morgan fingerprint density at radius 1 is 1.05 bits per heavy atom. The highest BCUT2D eigenvalue weighted by atomic mass is 19.4. The number of halogens is 5. The van der Waals surface area contributed by atoms with Gasteiger partial charge in [0.1, 0.15) is 11.6 Å². The summed E-state index contributed by atoms with van der Waals surface area (Å²) in [7, 11) is 0. The van der Waals surface area contributed by atoms with Crippen molar-refractivity contribution >= 4 is 0 Å². The van der Waals surface area contributed by atoms with Crippen molar-refractivity contribution in [1.29, 1.82) is 0 Å². The van der Waals surface area contributed by atoms with Crippen molar-refractivity contribution < 1.29 is 22.0 Å². The van der Waals surface area contributed by atoms with Crippen LogP contribution in [0.25, 0.3) is 5.69 Å². The molecule has 0 saturated carbocycles. The molecule has 0 spiro atoms. The monoisotopic (exact) mass is 306 g/mol. The number of aromatic amines is 1. The van der Waals surface area contributed by atoms with E-state index >= 15 is 0 Å². The third-order valence-corrected chi connectivity index (χ3v) is 2.65. The first-order valence-corrected chi connectivity index (χ1v) is 5.51. The standard InChI is InChI=1S/C12H7F5N2O2/c1-5-2-10(20)19(11(21)18-5)9-4-7(13)6(3-8(9)14)12(15,16)17/h2-4H,1H3,(H,18,21). The van der Waals surface area contributed by atoms with Crippen molar-refractivity contribution in [2.24, 2.45) is 0 Å². The van der Waals surface area contributed by atoms with Gasteiger partial charge in [-0.15, -0.1) is 0 Å². The van der Waals surface area contributed by atoms with E-state index in [1.165, 1.54) is 6.92 Å². The quantitative estimate of drug-likeness (QED) is 0.821. The number of benzene rings is 1. The zero-order valence-corrected chi connectivity index (χ0v) is 10.4. The maximum Gasteiger partial charge on any atom is 0.419 e. The number of alkyl halides is 3. The summed E-state index contributed by atoms with van der Waals surface area (Å²) < 4.78 is 64.7. The molecule has 0 aliphatic carbocycles. The van der Waals surface area contributed by atoms with Gasteiger partial charge in [0, 0.05) is 17.8 Å². The van der Waals surface area contributed by atoms with Gasteiger partial charge in [0.2, 0.25) is 0 Å². The van der Waals surface area contributed by atoms with E-state index in [2.05, 4.69) is 4.98 Å². The first-order valence-electron chi connectivity index (χ1n) is 5.51. The minimum atomic E-state index is -5.09. The summed E-state index contributed by atoms with van der Waals surface area (Å²) in [5, 5.41) is 0. The van der Waals surface area contributed by atoms with E-state index in [9.17, 15) is 31.5 Å². The third-order valence-electron chi connectivity index (χ3n) is 2.65. The summed E-state index contributed by atoms with van der Waals surface area (Å²) >= 11 is 0. The normalized spacial score (nSPS) is 11.7. The Hall–Kier alpha value is -2.45. The Labute approximate surface area is 113 Å². The van der Waals surface area contributed by atoms with E-state index in [-0.39, 0.29) is 22.4 Å². The molecular formula is C12H7F5N2O2. The van der Waals surface area contributed by atoms with Gasteiger partial charge < -0.3 is 4.98 Å². The van der Waals surface area contributed by atoms with Crippen LogP contribution in [0, 0.1) is 18.6 Å². The highest BCUT2D eigenvalue weighted by Crippen LogP contribution is 2.33. The molecular weight excluding hydrogens is 299 g/mol. The molecule has 0 aliphatic heterocycles. The molecule has 0 atom stereocenters. The van der Waals surface area contributed by atoms with Gasteiger partial charge in [0.25, 0.3) is 5.56 Å². The third kappa shape index (κ3) is 2.71. The molecule has 0 radical (unpaired) electrons. The van der Waals surface area contributed by atoms with Crippen molar-refractivity contribution in [3.63, 3.8) is 0 Å². The molecule has 0 fully saturated rings. The Kier molecular flexibility index (Phi) is 3.44. The topological polar surface area (TPSA) is 54.9 Å². The van der Waals surface area contributed by atoms with Crippen molar-refractivity contribution in [3.8, 4) is 5.69 Å². The lowest BCUT2D eigenvalue weighted by Gasteiger charge is -2.11. The lowest BCUT2D eigenvalue weighted by Crippen LogP contribution is -2.34. The molecule has 4 nitrogen and oxygen atoms in total. The number of rotatable bonds is 1. The van der Waals surface area contributed by atoms with Crippen LogP contribution in [-0.4, -0.2) is 9.55 Å². The van der Waals surface area contributed by atoms with Crippen LogP contribution in [0.2, 0.25) is 0 Å². The Bertz CT molecular complexity index is 789. The molecule has 1 aromatic heterocycles. The number of nitrogens with one attached hydrogen (secondary N) is 1. The first kappa shape index (κ1) is 14.9. The van der Waals surface area contributed by atoms with E-state index in [0.29, 0.717) is 0 Å². The van der Waals surface area contributed by atoms with Crippen molar-refractivity contribution in [3.05, 3.63) is 61.9 Å².